The first-order valence-corrected chi connectivity index (χ1v) is 5.68. The molecule has 1 aromatic rings. The second-order valence-electron chi connectivity index (χ2n) is 4.35. The van der Waals surface area contributed by atoms with E-state index < -0.39 is 40.8 Å². The van der Waals surface area contributed by atoms with E-state index in [1.54, 1.807) is 19.9 Å². The average molecular weight is 282 g/mol. The molecule has 20 heavy (non-hydrogen) atoms. The molecule has 0 heterocycles. The molecule has 0 aliphatic heterocycles. The maximum absolute atomic E-state index is 13.7. The van der Waals surface area contributed by atoms with Gasteiger partial charge >= 0.3 is 0 Å². The quantitative estimate of drug-likeness (QED) is 0.480. The number of nitrogens with zero attached hydrogens (tertiary/aromatic N) is 2. The Morgan fingerprint density at radius 2 is 1.55 bits per heavy atom. The van der Waals surface area contributed by atoms with Crippen LogP contribution in [0.15, 0.2) is 5.57 Å². The molecule has 6 heteroatoms. The topological polar surface area (TPSA) is 47.6 Å². The van der Waals surface area contributed by atoms with Gasteiger partial charge in [0.25, 0.3) is 0 Å². The first kappa shape index (κ1) is 15.7. The van der Waals surface area contributed by atoms with E-state index in [0.717, 1.165) is 6.08 Å². The van der Waals surface area contributed by atoms with Crippen LogP contribution >= 0.6 is 0 Å². The minimum absolute atomic E-state index is 0.0189. The lowest BCUT2D eigenvalue weighted by Crippen LogP contribution is -2.06. The van der Waals surface area contributed by atoms with Crippen molar-refractivity contribution in [3.8, 4) is 12.1 Å². The highest BCUT2D eigenvalue weighted by Crippen LogP contribution is 2.27. The summed E-state index contributed by atoms with van der Waals surface area (Å²) in [7, 11) is 0. The molecule has 0 bridgehead atoms. The number of allylic oxidation sites excluding steroid dienone is 1. The van der Waals surface area contributed by atoms with Crippen molar-refractivity contribution >= 4 is 6.08 Å². The summed E-state index contributed by atoms with van der Waals surface area (Å²) in [5, 5.41) is 17.2. The van der Waals surface area contributed by atoms with Crippen molar-refractivity contribution in [3.63, 3.8) is 0 Å². The van der Waals surface area contributed by atoms with E-state index in [2.05, 4.69) is 0 Å². The number of halogens is 4. The first-order chi connectivity index (χ1) is 9.34. The van der Waals surface area contributed by atoms with Gasteiger partial charge in [0.2, 0.25) is 0 Å². The van der Waals surface area contributed by atoms with Gasteiger partial charge in [-0.25, -0.2) is 17.6 Å². The molecule has 0 aliphatic carbocycles. The van der Waals surface area contributed by atoms with Crippen LogP contribution in [0.4, 0.5) is 17.6 Å². The van der Waals surface area contributed by atoms with Gasteiger partial charge < -0.3 is 0 Å². The summed E-state index contributed by atoms with van der Waals surface area (Å²) < 4.78 is 54.7. The van der Waals surface area contributed by atoms with Gasteiger partial charge in [-0.3, -0.25) is 0 Å². The lowest BCUT2D eigenvalue weighted by molar-refractivity contribution is 0.440. The molecule has 104 valence electrons. The lowest BCUT2D eigenvalue weighted by atomic mass is 9.99. The fourth-order valence-corrected chi connectivity index (χ4v) is 1.54. The minimum Gasteiger partial charge on any atom is -0.203 e. The molecule has 1 rings (SSSR count). The summed E-state index contributed by atoms with van der Waals surface area (Å²) in [5.41, 5.74) is -1.93. The van der Waals surface area contributed by atoms with Gasteiger partial charge in [0.15, 0.2) is 23.3 Å². The Balaban J connectivity index is 3.61. The number of rotatable bonds is 3. The highest BCUT2D eigenvalue weighted by Gasteiger charge is 2.24. The number of hydrogen-bond donors (Lipinski definition) is 0. The van der Waals surface area contributed by atoms with Crippen LogP contribution in [0.2, 0.25) is 0 Å². The predicted molar refractivity (Wildman–Crippen MR) is 64.0 cm³/mol. The maximum Gasteiger partial charge on any atom is 0.169 e. The normalized spacial score (nSPS) is 11.3. The summed E-state index contributed by atoms with van der Waals surface area (Å²) >= 11 is 0. The standard InChI is InChI=1S/C14H10F4N2/c1-7(2)8(6-20)5-10-13(17)11(15)9(3-4-19)12(16)14(10)18/h5,7H,3H2,1-2H3. The number of hydrogen-bond acceptors (Lipinski definition) is 2. The Morgan fingerprint density at radius 1 is 1.05 bits per heavy atom. The maximum atomic E-state index is 13.7. The molecular formula is C14H10F4N2. The van der Waals surface area contributed by atoms with E-state index in [0.29, 0.717) is 0 Å². The Bertz CT molecular complexity index is 620. The largest absolute Gasteiger partial charge is 0.203 e. The molecule has 0 aliphatic rings. The zero-order valence-electron chi connectivity index (χ0n) is 10.8. The van der Waals surface area contributed by atoms with Gasteiger partial charge in [0.05, 0.1) is 24.1 Å². The smallest absolute Gasteiger partial charge is 0.169 e. The van der Waals surface area contributed by atoms with Crippen molar-refractivity contribution in [3.05, 3.63) is 40.0 Å². The van der Waals surface area contributed by atoms with Crippen LogP contribution in [-0.4, -0.2) is 0 Å². The zero-order valence-corrected chi connectivity index (χ0v) is 10.8. The second-order valence-corrected chi connectivity index (χ2v) is 4.35. The summed E-state index contributed by atoms with van der Waals surface area (Å²) in [4.78, 5) is 0. The molecule has 0 radical (unpaired) electrons. The fourth-order valence-electron chi connectivity index (χ4n) is 1.54. The van der Waals surface area contributed by atoms with Crippen LogP contribution in [0, 0.1) is 51.8 Å². The van der Waals surface area contributed by atoms with Gasteiger partial charge in [-0.1, -0.05) is 13.8 Å². The molecule has 2 nitrogen and oxygen atoms in total. The van der Waals surface area contributed by atoms with Gasteiger partial charge in [0.1, 0.15) is 0 Å². The number of nitriles is 2. The fraction of sp³-hybridized carbons (Fsp3) is 0.286. The minimum atomic E-state index is -1.61. The van der Waals surface area contributed by atoms with Crippen molar-refractivity contribution in [2.45, 2.75) is 20.3 Å². The molecule has 0 saturated heterocycles. The Kier molecular flexibility index (Phi) is 4.88. The van der Waals surface area contributed by atoms with E-state index in [9.17, 15) is 17.6 Å². The van der Waals surface area contributed by atoms with Crippen LogP contribution in [0.3, 0.4) is 0 Å². The third kappa shape index (κ3) is 2.80. The Hall–Kier alpha value is -2.34. The van der Waals surface area contributed by atoms with Crippen LogP contribution in [0.1, 0.15) is 25.0 Å². The van der Waals surface area contributed by atoms with E-state index in [1.165, 1.54) is 6.07 Å². The van der Waals surface area contributed by atoms with E-state index in [-0.39, 0.29) is 11.5 Å². The zero-order chi connectivity index (χ0) is 15.4. The molecule has 1 aromatic carbocycles. The molecular weight excluding hydrogens is 272 g/mol. The molecule has 0 saturated carbocycles. The van der Waals surface area contributed by atoms with Crippen molar-refractivity contribution in [1.82, 2.24) is 0 Å². The highest BCUT2D eigenvalue weighted by molar-refractivity contribution is 5.59. The van der Waals surface area contributed by atoms with Crippen molar-refractivity contribution in [2.75, 3.05) is 0 Å². The van der Waals surface area contributed by atoms with Crippen molar-refractivity contribution in [2.24, 2.45) is 5.92 Å². The van der Waals surface area contributed by atoms with E-state index >= 15 is 0 Å². The molecule has 0 unspecified atom stereocenters. The molecule has 0 fully saturated rings. The molecule has 0 spiro atoms. The van der Waals surface area contributed by atoms with Crippen LogP contribution in [0.5, 0.6) is 0 Å². The lowest BCUT2D eigenvalue weighted by Gasteiger charge is -2.09. The third-order valence-electron chi connectivity index (χ3n) is 2.70. The van der Waals surface area contributed by atoms with E-state index in [1.807, 2.05) is 0 Å². The van der Waals surface area contributed by atoms with Gasteiger partial charge in [-0.15, -0.1) is 0 Å². The van der Waals surface area contributed by atoms with Crippen molar-refractivity contribution in [1.29, 1.82) is 10.5 Å². The summed E-state index contributed by atoms with van der Waals surface area (Å²) in [6, 6.07) is 3.14. The SMILES string of the molecule is CC(C)C(C#N)=Cc1c(F)c(F)c(CC#N)c(F)c1F. The van der Waals surface area contributed by atoms with Crippen LogP contribution in [-0.2, 0) is 6.42 Å². The summed E-state index contributed by atoms with van der Waals surface area (Å²) in [6.45, 7) is 3.20. The second kappa shape index (κ2) is 6.21. The number of benzene rings is 1. The monoisotopic (exact) mass is 282 g/mol. The molecule has 0 aromatic heterocycles. The summed E-state index contributed by atoms with van der Waals surface area (Å²) in [5.74, 6) is -6.80. The van der Waals surface area contributed by atoms with Crippen LogP contribution in [0.25, 0.3) is 6.08 Å². The Labute approximate surface area is 113 Å². The Morgan fingerprint density at radius 3 is 1.90 bits per heavy atom. The van der Waals surface area contributed by atoms with Crippen LogP contribution < -0.4 is 0 Å². The predicted octanol–water partition coefficient (Wildman–Crippen LogP) is 3.87. The van der Waals surface area contributed by atoms with Gasteiger partial charge in [-0.05, 0) is 12.0 Å². The summed E-state index contributed by atoms with van der Waals surface area (Å²) in [6.07, 6.45) is -0.0115. The highest BCUT2D eigenvalue weighted by atomic mass is 19.2. The third-order valence-corrected chi connectivity index (χ3v) is 2.70. The molecule has 0 amide bonds. The first-order valence-electron chi connectivity index (χ1n) is 5.68. The van der Waals surface area contributed by atoms with E-state index in [4.69, 9.17) is 10.5 Å². The van der Waals surface area contributed by atoms with Gasteiger partial charge in [0, 0.05) is 11.1 Å². The average Bonchev–Trinajstić information content (AvgIpc) is 2.41. The molecule has 0 atom stereocenters. The molecule has 0 N–H and O–H groups in total. The van der Waals surface area contributed by atoms with Gasteiger partial charge in [-0.2, -0.15) is 10.5 Å². The van der Waals surface area contributed by atoms with Crippen molar-refractivity contribution < 1.29 is 17.6 Å².